The van der Waals surface area contributed by atoms with Crippen molar-refractivity contribution < 1.29 is 17.8 Å². The zero-order valence-electron chi connectivity index (χ0n) is 13.7. The number of hydrogen-bond donors (Lipinski definition) is 1. The van der Waals surface area contributed by atoms with E-state index in [4.69, 9.17) is 30.1 Å². The third-order valence-electron chi connectivity index (χ3n) is 3.20. The Bertz CT molecular complexity index is 225. The van der Waals surface area contributed by atoms with Gasteiger partial charge in [-0.2, -0.15) is 0 Å². The van der Waals surface area contributed by atoms with Gasteiger partial charge in [0.1, 0.15) is 0 Å². The maximum absolute atomic E-state index is 6.02. The van der Waals surface area contributed by atoms with Crippen LogP contribution in [-0.2, 0) is 17.8 Å². The van der Waals surface area contributed by atoms with E-state index in [9.17, 15) is 0 Å². The van der Waals surface area contributed by atoms with Gasteiger partial charge in [0.15, 0.2) is 0 Å². The van der Waals surface area contributed by atoms with E-state index in [1.54, 1.807) is 0 Å². The average molecular weight is 345 g/mol. The van der Waals surface area contributed by atoms with Gasteiger partial charge in [0.2, 0.25) is 0 Å². The van der Waals surface area contributed by atoms with Crippen molar-refractivity contribution in [1.82, 2.24) is 0 Å². The molecular formula is C13H33O4PSSi. The molecule has 0 bridgehead atoms. The van der Waals surface area contributed by atoms with Gasteiger partial charge in [-0.1, -0.05) is 0 Å². The second-order valence-electron chi connectivity index (χ2n) is 4.59. The van der Waals surface area contributed by atoms with E-state index in [2.05, 4.69) is 13.8 Å². The molecule has 0 unspecified atom stereocenters. The van der Waals surface area contributed by atoms with Crippen molar-refractivity contribution in [3.8, 4) is 0 Å². The molecule has 0 saturated carbocycles. The van der Waals surface area contributed by atoms with Crippen LogP contribution in [0.4, 0.5) is 0 Å². The predicted octanol–water partition coefficient (Wildman–Crippen LogP) is 3.99. The van der Waals surface area contributed by atoms with E-state index in [0.717, 1.165) is 31.4 Å². The van der Waals surface area contributed by atoms with Gasteiger partial charge in [-0.25, -0.2) is 0 Å². The molecule has 0 aromatic carbocycles. The Morgan fingerprint density at radius 1 is 0.850 bits per heavy atom. The molecule has 0 aromatic heterocycles. The second-order valence-corrected chi connectivity index (χ2v) is 13.4. The van der Waals surface area contributed by atoms with Crippen LogP contribution in [0, 0.1) is 0 Å². The van der Waals surface area contributed by atoms with Crippen molar-refractivity contribution in [3.05, 3.63) is 0 Å². The molecule has 0 aromatic rings. The molecule has 7 heteroatoms. The fraction of sp³-hybridized carbons (Fsp3) is 1.00. The van der Waals surface area contributed by atoms with Crippen LogP contribution in [0.15, 0.2) is 0 Å². The summed E-state index contributed by atoms with van der Waals surface area (Å²) in [7, 11) is -2.50. The first-order valence-corrected chi connectivity index (χ1v) is 13.3. The van der Waals surface area contributed by atoms with Crippen LogP contribution < -0.4 is 0 Å². The molecular weight excluding hydrogens is 311 g/mol. The van der Waals surface area contributed by atoms with E-state index >= 15 is 0 Å². The first kappa shape index (κ1) is 20.8. The van der Waals surface area contributed by atoms with Gasteiger partial charge in [0, 0.05) is 0 Å². The molecule has 20 heavy (non-hydrogen) atoms. The Morgan fingerprint density at radius 3 is 1.65 bits per heavy atom. The minimum absolute atomic E-state index is 0.627. The summed E-state index contributed by atoms with van der Waals surface area (Å²) in [5.74, 6) is 0. The van der Waals surface area contributed by atoms with Crippen LogP contribution in [0.25, 0.3) is 0 Å². The predicted molar refractivity (Wildman–Crippen MR) is 94.4 cm³/mol. The fourth-order valence-corrected chi connectivity index (χ4v) is 6.29. The molecule has 0 N–H and O–H groups in total. The Kier molecular flexibility index (Phi) is 11.9. The van der Waals surface area contributed by atoms with Crippen LogP contribution in [-0.4, -0.2) is 47.6 Å². The van der Waals surface area contributed by atoms with Crippen LogP contribution in [0.3, 0.4) is 0 Å². The molecule has 4 nitrogen and oxygen atoms in total. The normalized spacial score (nSPS) is 13.7. The van der Waals surface area contributed by atoms with E-state index in [1.165, 1.54) is 0 Å². The number of rotatable bonds is 13. The van der Waals surface area contributed by atoms with Crippen molar-refractivity contribution in [3.63, 3.8) is 0 Å². The van der Waals surface area contributed by atoms with Crippen LogP contribution in [0.2, 0.25) is 6.04 Å². The van der Waals surface area contributed by atoms with Crippen molar-refractivity contribution in [2.24, 2.45) is 0 Å². The number of thiol groups is 1. The minimum atomic E-state index is -2.50. The Morgan fingerprint density at radius 2 is 1.30 bits per heavy atom. The molecule has 0 radical (unpaired) electrons. The third kappa shape index (κ3) is 7.73. The van der Waals surface area contributed by atoms with Crippen molar-refractivity contribution in [1.29, 1.82) is 0 Å². The molecule has 0 rings (SSSR count). The summed E-state index contributed by atoms with van der Waals surface area (Å²) in [6.07, 6.45) is 2.98. The summed E-state index contributed by atoms with van der Waals surface area (Å²) in [6.45, 7) is 11.1. The fourth-order valence-electron chi connectivity index (χ4n) is 2.01. The van der Waals surface area contributed by atoms with Crippen molar-refractivity contribution >= 4 is 27.7 Å². The van der Waals surface area contributed by atoms with Gasteiger partial charge in [-0.3, -0.25) is 0 Å². The van der Waals surface area contributed by atoms with Gasteiger partial charge in [0.25, 0.3) is 0 Å². The van der Waals surface area contributed by atoms with Crippen molar-refractivity contribution in [2.75, 3.05) is 38.8 Å². The Hall–Kier alpha value is 0.837. The Balaban J connectivity index is 4.31. The quantitative estimate of drug-likeness (QED) is 0.237. The van der Waals surface area contributed by atoms with E-state index in [1.807, 2.05) is 20.8 Å². The first-order valence-electron chi connectivity index (χ1n) is 7.79. The van der Waals surface area contributed by atoms with E-state index < -0.39 is 15.5 Å². The molecule has 0 amide bonds. The molecule has 0 atom stereocenters. The van der Waals surface area contributed by atoms with Crippen LogP contribution in [0.5, 0.6) is 0 Å². The summed E-state index contributed by atoms with van der Waals surface area (Å²) in [5, 5.41) is 0. The zero-order chi connectivity index (χ0) is 15.5. The summed E-state index contributed by atoms with van der Waals surface area (Å²) >= 11 is 4.72. The molecule has 0 spiro atoms. The first-order chi connectivity index (χ1) is 9.51. The topological polar surface area (TPSA) is 36.9 Å². The van der Waals surface area contributed by atoms with E-state index in [0.29, 0.717) is 19.8 Å². The summed E-state index contributed by atoms with van der Waals surface area (Å²) in [4.78, 5) is 0. The van der Waals surface area contributed by atoms with Gasteiger partial charge in [-0.15, -0.1) is 0 Å². The van der Waals surface area contributed by atoms with Gasteiger partial charge in [0.05, 0.1) is 0 Å². The molecule has 0 aliphatic heterocycles. The van der Waals surface area contributed by atoms with Gasteiger partial charge < -0.3 is 0 Å². The average Bonchev–Trinajstić information content (AvgIpc) is 2.44. The summed E-state index contributed by atoms with van der Waals surface area (Å²) in [6, 6.07) is 0.814. The molecule has 0 heterocycles. The standard InChI is InChI=1S/C13H33O4PSSi/c1-6-15-20(16-7-2,17-8-3)13-11-12-14-18(19,9-4)10-5/h18-19H,6-13H2,1-5H3. The second kappa shape index (κ2) is 11.4. The molecule has 0 saturated heterocycles. The van der Waals surface area contributed by atoms with Crippen LogP contribution in [0.1, 0.15) is 41.0 Å². The number of hydrogen-bond acceptors (Lipinski definition) is 5. The summed E-state index contributed by atoms with van der Waals surface area (Å²) < 4.78 is 23.5. The molecule has 0 fully saturated rings. The molecule has 0 aliphatic rings. The van der Waals surface area contributed by atoms with Crippen molar-refractivity contribution in [2.45, 2.75) is 47.1 Å². The molecule has 0 aliphatic carbocycles. The van der Waals surface area contributed by atoms with Gasteiger partial charge in [-0.05, 0) is 0 Å². The zero-order valence-corrected chi connectivity index (χ0v) is 16.6. The van der Waals surface area contributed by atoms with Crippen LogP contribution >= 0.6 is 18.9 Å². The Labute approximate surface area is 131 Å². The van der Waals surface area contributed by atoms with Gasteiger partial charge >= 0.3 is 131 Å². The SMILES string of the molecule is CCO[Si](CCCO[PH](S)(CC)CC)(OCC)OCC. The maximum atomic E-state index is 6.02. The van der Waals surface area contributed by atoms with E-state index in [-0.39, 0.29) is 0 Å². The molecule has 124 valence electrons. The monoisotopic (exact) mass is 344 g/mol. The third-order valence-corrected chi connectivity index (χ3v) is 11.6. The summed E-state index contributed by atoms with van der Waals surface area (Å²) in [5.41, 5.74) is 0.